The molecule has 1 atom stereocenters. The number of aromatic nitrogens is 1. The Morgan fingerprint density at radius 3 is 3.05 bits per heavy atom. The summed E-state index contributed by atoms with van der Waals surface area (Å²) in [5, 5.41) is 4.96. The fraction of sp³-hybridized carbons (Fsp3) is 0.214. The Kier molecular flexibility index (Phi) is 3.57. The third-order valence-electron chi connectivity index (χ3n) is 3.05. The third-order valence-corrected chi connectivity index (χ3v) is 3.74. The lowest BCUT2D eigenvalue weighted by Crippen LogP contribution is -2.47. The number of carbonyl (C=O) groups is 2. The molecule has 0 saturated heterocycles. The van der Waals surface area contributed by atoms with Gasteiger partial charge in [-0.15, -0.1) is 11.3 Å². The fourth-order valence-electron chi connectivity index (χ4n) is 2.11. The van der Waals surface area contributed by atoms with Gasteiger partial charge in [-0.05, 0) is 19.1 Å². The van der Waals surface area contributed by atoms with E-state index in [-0.39, 0.29) is 18.4 Å². The van der Waals surface area contributed by atoms with Crippen molar-refractivity contribution in [1.29, 1.82) is 0 Å². The maximum atomic E-state index is 12.2. The van der Waals surface area contributed by atoms with Gasteiger partial charge in [0, 0.05) is 11.6 Å². The Morgan fingerprint density at radius 2 is 2.29 bits per heavy atom. The van der Waals surface area contributed by atoms with Crippen LogP contribution >= 0.6 is 11.3 Å². The lowest BCUT2D eigenvalue weighted by Gasteiger charge is -2.32. The second-order valence-corrected chi connectivity index (χ2v) is 5.43. The van der Waals surface area contributed by atoms with E-state index in [4.69, 9.17) is 4.74 Å². The van der Waals surface area contributed by atoms with Crippen molar-refractivity contribution in [3.05, 3.63) is 35.8 Å². The van der Waals surface area contributed by atoms with E-state index in [1.807, 2.05) is 6.07 Å². The Morgan fingerprint density at radius 1 is 1.48 bits per heavy atom. The second kappa shape index (κ2) is 5.53. The van der Waals surface area contributed by atoms with E-state index < -0.39 is 6.10 Å². The lowest BCUT2D eigenvalue weighted by atomic mass is 10.2. The van der Waals surface area contributed by atoms with Crippen LogP contribution in [0.2, 0.25) is 0 Å². The molecule has 1 aliphatic rings. The highest BCUT2D eigenvalue weighted by atomic mass is 32.1. The van der Waals surface area contributed by atoms with Crippen molar-refractivity contribution in [2.75, 3.05) is 16.8 Å². The van der Waals surface area contributed by atoms with Gasteiger partial charge >= 0.3 is 0 Å². The zero-order valence-corrected chi connectivity index (χ0v) is 12.1. The molecule has 2 heterocycles. The van der Waals surface area contributed by atoms with Gasteiger partial charge in [0.05, 0.1) is 5.69 Å². The SMILES string of the molecule is CC1Oc2ccccc2N(CC(=O)Nc2nccs2)C1=O. The van der Waals surface area contributed by atoms with Gasteiger partial charge in [-0.2, -0.15) is 0 Å². The zero-order chi connectivity index (χ0) is 14.8. The van der Waals surface area contributed by atoms with Crippen molar-refractivity contribution in [2.45, 2.75) is 13.0 Å². The van der Waals surface area contributed by atoms with Crippen LogP contribution in [0.1, 0.15) is 6.92 Å². The number of fused-ring (bicyclic) bond motifs is 1. The number of hydrogen-bond acceptors (Lipinski definition) is 5. The highest BCUT2D eigenvalue weighted by molar-refractivity contribution is 7.13. The van der Waals surface area contributed by atoms with Gasteiger partial charge in [-0.3, -0.25) is 14.5 Å². The van der Waals surface area contributed by atoms with Crippen LogP contribution in [0.3, 0.4) is 0 Å². The molecule has 0 aliphatic carbocycles. The van der Waals surface area contributed by atoms with Crippen LogP contribution in [0.5, 0.6) is 5.75 Å². The van der Waals surface area contributed by atoms with Crippen molar-refractivity contribution in [2.24, 2.45) is 0 Å². The Balaban J connectivity index is 1.80. The molecule has 7 heteroatoms. The average molecular weight is 303 g/mol. The predicted molar refractivity (Wildman–Crippen MR) is 79.6 cm³/mol. The number of ether oxygens (including phenoxy) is 1. The molecule has 1 aromatic heterocycles. The van der Waals surface area contributed by atoms with E-state index in [9.17, 15) is 9.59 Å². The van der Waals surface area contributed by atoms with Crippen LogP contribution in [0.15, 0.2) is 35.8 Å². The summed E-state index contributed by atoms with van der Waals surface area (Å²) in [5.41, 5.74) is 0.606. The van der Waals surface area contributed by atoms with E-state index in [0.29, 0.717) is 16.6 Å². The Labute approximate surface area is 125 Å². The summed E-state index contributed by atoms with van der Waals surface area (Å²) in [6, 6.07) is 7.17. The number of thiazole rings is 1. The standard InChI is InChI=1S/C14H13N3O3S/c1-9-13(19)17(10-4-2-3-5-11(10)20-9)8-12(18)16-14-15-6-7-21-14/h2-7,9H,8H2,1H3,(H,15,16,18). The van der Waals surface area contributed by atoms with Crippen molar-refractivity contribution < 1.29 is 14.3 Å². The molecule has 108 valence electrons. The predicted octanol–water partition coefficient (Wildman–Crippen LogP) is 1.90. The van der Waals surface area contributed by atoms with E-state index in [1.165, 1.54) is 16.2 Å². The summed E-state index contributed by atoms with van der Waals surface area (Å²) in [7, 11) is 0. The van der Waals surface area contributed by atoms with Crippen LogP contribution in [0, 0.1) is 0 Å². The molecule has 1 unspecified atom stereocenters. The van der Waals surface area contributed by atoms with Gasteiger partial charge in [0.25, 0.3) is 5.91 Å². The molecular formula is C14H13N3O3S. The molecule has 6 nitrogen and oxygen atoms in total. The number of nitrogens with zero attached hydrogens (tertiary/aromatic N) is 2. The number of nitrogens with one attached hydrogen (secondary N) is 1. The van der Waals surface area contributed by atoms with Crippen molar-refractivity contribution in [3.63, 3.8) is 0 Å². The summed E-state index contributed by atoms with van der Waals surface area (Å²) in [6.45, 7) is 1.60. The highest BCUT2D eigenvalue weighted by Gasteiger charge is 2.32. The molecular weight excluding hydrogens is 290 g/mol. The number of carbonyl (C=O) groups excluding carboxylic acids is 2. The fourth-order valence-corrected chi connectivity index (χ4v) is 2.65. The molecule has 0 fully saturated rings. The van der Waals surface area contributed by atoms with Gasteiger partial charge in [0.1, 0.15) is 12.3 Å². The van der Waals surface area contributed by atoms with Crippen molar-refractivity contribution in [1.82, 2.24) is 4.98 Å². The monoisotopic (exact) mass is 303 g/mol. The smallest absolute Gasteiger partial charge is 0.268 e. The number of anilines is 2. The average Bonchev–Trinajstić information content (AvgIpc) is 2.96. The van der Waals surface area contributed by atoms with Gasteiger partial charge in [-0.1, -0.05) is 12.1 Å². The second-order valence-electron chi connectivity index (χ2n) is 4.54. The number of rotatable bonds is 3. The summed E-state index contributed by atoms with van der Waals surface area (Å²) < 4.78 is 5.53. The first-order valence-electron chi connectivity index (χ1n) is 6.41. The molecule has 1 aliphatic heterocycles. The molecule has 0 radical (unpaired) electrons. The Hall–Kier alpha value is -2.41. The normalized spacial score (nSPS) is 17.1. The van der Waals surface area contributed by atoms with Crippen LogP contribution < -0.4 is 15.0 Å². The number of hydrogen-bond donors (Lipinski definition) is 1. The molecule has 0 saturated carbocycles. The quantitative estimate of drug-likeness (QED) is 0.940. The minimum absolute atomic E-state index is 0.0663. The minimum atomic E-state index is -0.604. The molecule has 21 heavy (non-hydrogen) atoms. The topological polar surface area (TPSA) is 71.5 Å². The molecule has 0 spiro atoms. The van der Waals surface area contributed by atoms with Gasteiger partial charge in [0.15, 0.2) is 11.2 Å². The van der Waals surface area contributed by atoms with E-state index >= 15 is 0 Å². The maximum Gasteiger partial charge on any atom is 0.268 e. The highest BCUT2D eigenvalue weighted by Crippen LogP contribution is 2.33. The van der Waals surface area contributed by atoms with Crippen molar-refractivity contribution >= 4 is 34.0 Å². The number of para-hydroxylation sites is 2. The van der Waals surface area contributed by atoms with E-state index in [1.54, 1.807) is 36.7 Å². The zero-order valence-electron chi connectivity index (χ0n) is 11.3. The van der Waals surface area contributed by atoms with Crippen LogP contribution in [0.4, 0.5) is 10.8 Å². The Bertz CT molecular complexity index is 672. The first-order chi connectivity index (χ1) is 10.1. The summed E-state index contributed by atoms with van der Waals surface area (Å²) in [5.74, 6) is 0.0804. The van der Waals surface area contributed by atoms with E-state index in [2.05, 4.69) is 10.3 Å². The molecule has 1 N–H and O–H groups in total. The van der Waals surface area contributed by atoms with E-state index in [0.717, 1.165) is 0 Å². The number of amides is 2. The molecule has 3 rings (SSSR count). The molecule has 2 aromatic rings. The summed E-state index contributed by atoms with van der Waals surface area (Å²) in [4.78, 5) is 29.7. The largest absolute Gasteiger partial charge is 0.479 e. The third kappa shape index (κ3) is 2.73. The first kappa shape index (κ1) is 13.6. The maximum absolute atomic E-state index is 12.2. The number of benzene rings is 1. The van der Waals surface area contributed by atoms with Gasteiger partial charge in [-0.25, -0.2) is 4.98 Å². The lowest BCUT2D eigenvalue weighted by molar-refractivity contribution is -0.127. The summed E-state index contributed by atoms with van der Waals surface area (Å²) in [6.07, 6.45) is 1.00. The molecule has 0 bridgehead atoms. The van der Waals surface area contributed by atoms with Gasteiger partial charge < -0.3 is 10.1 Å². The first-order valence-corrected chi connectivity index (χ1v) is 7.29. The molecule has 1 aromatic carbocycles. The minimum Gasteiger partial charge on any atom is -0.479 e. The van der Waals surface area contributed by atoms with Crippen LogP contribution in [-0.4, -0.2) is 29.4 Å². The van der Waals surface area contributed by atoms with Crippen LogP contribution in [-0.2, 0) is 9.59 Å². The van der Waals surface area contributed by atoms with Crippen molar-refractivity contribution in [3.8, 4) is 5.75 Å². The summed E-state index contributed by atoms with van der Waals surface area (Å²) >= 11 is 1.33. The van der Waals surface area contributed by atoms with Crippen LogP contribution in [0.25, 0.3) is 0 Å². The van der Waals surface area contributed by atoms with Gasteiger partial charge in [0.2, 0.25) is 5.91 Å². The molecule has 2 amide bonds.